The lowest BCUT2D eigenvalue weighted by Gasteiger charge is -2.05. The number of aryl methyl sites for hydroxylation is 1. The van der Waals surface area contributed by atoms with E-state index >= 15 is 0 Å². The van der Waals surface area contributed by atoms with Gasteiger partial charge in [0.1, 0.15) is 0 Å². The number of benzene rings is 2. The van der Waals surface area contributed by atoms with E-state index in [9.17, 15) is 0 Å². The number of rotatable bonds is 6. The van der Waals surface area contributed by atoms with Crippen molar-refractivity contribution in [2.75, 3.05) is 5.32 Å². The fourth-order valence-electron chi connectivity index (χ4n) is 2.28. The van der Waals surface area contributed by atoms with Gasteiger partial charge in [0.05, 0.1) is 6.54 Å². The van der Waals surface area contributed by atoms with Crippen LogP contribution in [0.4, 0.5) is 5.69 Å². The van der Waals surface area contributed by atoms with E-state index in [1.807, 2.05) is 12.1 Å². The van der Waals surface area contributed by atoms with Crippen molar-refractivity contribution in [3.05, 3.63) is 54.2 Å². The summed E-state index contributed by atoms with van der Waals surface area (Å²) in [5, 5.41) is 9.77. The van der Waals surface area contributed by atoms with E-state index < -0.39 is 0 Å². The topological polar surface area (TPSA) is 51.0 Å². The van der Waals surface area contributed by atoms with E-state index in [0.29, 0.717) is 12.4 Å². The molecule has 0 amide bonds. The van der Waals surface area contributed by atoms with Crippen LogP contribution in [0.3, 0.4) is 0 Å². The first-order chi connectivity index (χ1) is 10.3. The highest BCUT2D eigenvalue weighted by Gasteiger charge is 2.05. The summed E-state index contributed by atoms with van der Waals surface area (Å²) in [6.45, 7) is 2.71. The van der Waals surface area contributed by atoms with Crippen LogP contribution in [-0.4, -0.2) is 10.1 Å². The van der Waals surface area contributed by atoms with Gasteiger partial charge in [-0.2, -0.15) is 4.98 Å². The first-order valence-corrected chi connectivity index (χ1v) is 7.39. The van der Waals surface area contributed by atoms with Gasteiger partial charge in [-0.3, -0.25) is 0 Å². The van der Waals surface area contributed by atoms with E-state index in [1.54, 1.807) is 0 Å². The normalized spacial score (nSPS) is 10.9. The SMILES string of the molecule is CCCCc1noc(CNc2ccc3ccccc3c2)n1. The molecule has 0 aliphatic carbocycles. The third-order valence-electron chi connectivity index (χ3n) is 3.46. The van der Waals surface area contributed by atoms with E-state index in [1.165, 1.54) is 10.8 Å². The van der Waals surface area contributed by atoms with Crippen molar-refractivity contribution in [2.45, 2.75) is 32.7 Å². The van der Waals surface area contributed by atoms with Gasteiger partial charge >= 0.3 is 0 Å². The summed E-state index contributed by atoms with van der Waals surface area (Å²) < 4.78 is 5.25. The number of hydrogen-bond donors (Lipinski definition) is 1. The first-order valence-electron chi connectivity index (χ1n) is 7.39. The summed E-state index contributed by atoms with van der Waals surface area (Å²) >= 11 is 0. The van der Waals surface area contributed by atoms with Gasteiger partial charge in [-0.05, 0) is 29.3 Å². The number of aromatic nitrogens is 2. The molecule has 108 valence electrons. The lowest BCUT2D eigenvalue weighted by Crippen LogP contribution is -2.00. The predicted molar refractivity (Wildman–Crippen MR) is 84.2 cm³/mol. The van der Waals surface area contributed by atoms with Crippen LogP contribution < -0.4 is 5.32 Å². The van der Waals surface area contributed by atoms with Gasteiger partial charge in [-0.15, -0.1) is 0 Å². The highest BCUT2D eigenvalue weighted by atomic mass is 16.5. The first kappa shape index (κ1) is 13.6. The molecule has 4 nitrogen and oxygen atoms in total. The Morgan fingerprint density at radius 2 is 1.95 bits per heavy atom. The van der Waals surface area contributed by atoms with E-state index in [0.717, 1.165) is 30.8 Å². The molecule has 0 atom stereocenters. The molecule has 0 spiro atoms. The molecular weight excluding hydrogens is 262 g/mol. The molecule has 0 saturated carbocycles. The molecule has 21 heavy (non-hydrogen) atoms. The van der Waals surface area contributed by atoms with E-state index in [-0.39, 0.29) is 0 Å². The summed E-state index contributed by atoms with van der Waals surface area (Å²) in [5.74, 6) is 1.43. The van der Waals surface area contributed by atoms with Gasteiger partial charge < -0.3 is 9.84 Å². The number of unbranched alkanes of at least 4 members (excludes halogenated alkanes) is 1. The standard InChI is InChI=1S/C17H19N3O/c1-2-3-8-16-19-17(21-20-16)12-18-15-10-9-13-6-4-5-7-14(13)11-15/h4-7,9-11,18H,2-3,8,12H2,1H3. The number of nitrogens with one attached hydrogen (secondary N) is 1. The highest BCUT2D eigenvalue weighted by molar-refractivity contribution is 5.85. The quantitative estimate of drug-likeness (QED) is 0.736. The molecule has 1 aromatic heterocycles. The van der Waals surface area contributed by atoms with Crippen molar-refractivity contribution < 1.29 is 4.52 Å². The molecule has 1 N–H and O–H groups in total. The third-order valence-corrected chi connectivity index (χ3v) is 3.46. The summed E-state index contributed by atoms with van der Waals surface area (Å²) in [7, 11) is 0. The van der Waals surface area contributed by atoms with Crippen LogP contribution in [-0.2, 0) is 13.0 Å². The van der Waals surface area contributed by atoms with E-state index in [2.05, 4.69) is 52.7 Å². The Balaban J connectivity index is 1.64. The largest absolute Gasteiger partial charge is 0.376 e. The van der Waals surface area contributed by atoms with Crippen molar-refractivity contribution >= 4 is 16.5 Å². The Labute approximate surface area is 124 Å². The average Bonchev–Trinajstić information content (AvgIpc) is 2.98. The molecule has 3 rings (SSSR count). The van der Waals surface area contributed by atoms with Gasteiger partial charge in [-0.1, -0.05) is 48.8 Å². The average molecular weight is 281 g/mol. The van der Waals surface area contributed by atoms with Crippen LogP contribution >= 0.6 is 0 Å². The molecule has 0 unspecified atom stereocenters. The highest BCUT2D eigenvalue weighted by Crippen LogP contribution is 2.19. The summed E-state index contributed by atoms with van der Waals surface area (Å²) in [5.41, 5.74) is 1.06. The van der Waals surface area contributed by atoms with Crippen LogP contribution in [0.15, 0.2) is 47.0 Å². The molecule has 0 radical (unpaired) electrons. The second-order valence-corrected chi connectivity index (χ2v) is 5.12. The van der Waals surface area contributed by atoms with Crippen LogP contribution in [0, 0.1) is 0 Å². The molecule has 2 aromatic carbocycles. The van der Waals surface area contributed by atoms with Crippen molar-refractivity contribution in [3.63, 3.8) is 0 Å². The number of fused-ring (bicyclic) bond motifs is 1. The molecule has 0 bridgehead atoms. The van der Waals surface area contributed by atoms with Crippen LogP contribution in [0.25, 0.3) is 10.8 Å². The molecule has 0 aliphatic heterocycles. The monoisotopic (exact) mass is 281 g/mol. The minimum atomic E-state index is 0.553. The fourth-order valence-corrected chi connectivity index (χ4v) is 2.28. The lowest BCUT2D eigenvalue weighted by molar-refractivity contribution is 0.377. The second-order valence-electron chi connectivity index (χ2n) is 5.12. The van der Waals surface area contributed by atoms with Gasteiger partial charge in [-0.25, -0.2) is 0 Å². The number of anilines is 1. The Bertz CT molecular complexity index is 721. The lowest BCUT2D eigenvalue weighted by atomic mass is 10.1. The van der Waals surface area contributed by atoms with Gasteiger partial charge in [0.15, 0.2) is 5.82 Å². The Morgan fingerprint density at radius 1 is 1.10 bits per heavy atom. The Hall–Kier alpha value is -2.36. The van der Waals surface area contributed by atoms with Gasteiger partial charge in [0, 0.05) is 12.1 Å². The summed E-state index contributed by atoms with van der Waals surface area (Å²) in [6.07, 6.45) is 3.12. The predicted octanol–water partition coefficient (Wildman–Crippen LogP) is 4.18. The van der Waals surface area contributed by atoms with Crippen molar-refractivity contribution in [2.24, 2.45) is 0 Å². The zero-order valence-electron chi connectivity index (χ0n) is 12.2. The van der Waals surface area contributed by atoms with Crippen LogP contribution in [0.5, 0.6) is 0 Å². The molecule has 0 fully saturated rings. The zero-order chi connectivity index (χ0) is 14.5. The molecule has 0 aliphatic rings. The molecule has 4 heteroatoms. The van der Waals surface area contributed by atoms with Gasteiger partial charge in [0.25, 0.3) is 0 Å². The van der Waals surface area contributed by atoms with Crippen molar-refractivity contribution in [1.29, 1.82) is 0 Å². The maximum atomic E-state index is 5.25. The minimum Gasteiger partial charge on any atom is -0.376 e. The maximum absolute atomic E-state index is 5.25. The smallest absolute Gasteiger partial charge is 0.245 e. The number of hydrogen-bond acceptors (Lipinski definition) is 4. The molecule has 1 heterocycles. The third kappa shape index (κ3) is 3.40. The maximum Gasteiger partial charge on any atom is 0.245 e. The van der Waals surface area contributed by atoms with Gasteiger partial charge in [0.2, 0.25) is 5.89 Å². The summed E-state index contributed by atoms with van der Waals surface area (Å²) in [4.78, 5) is 4.38. The van der Waals surface area contributed by atoms with Crippen molar-refractivity contribution in [1.82, 2.24) is 10.1 Å². The second kappa shape index (κ2) is 6.39. The minimum absolute atomic E-state index is 0.553. The van der Waals surface area contributed by atoms with E-state index in [4.69, 9.17) is 4.52 Å². The molecule has 0 saturated heterocycles. The van der Waals surface area contributed by atoms with Crippen LogP contribution in [0.1, 0.15) is 31.5 Å². The van der Waals surface area contributed by atoms with Crippen LogP contribution in [0.2, 0.25) is 0 Å². The fraction of sp³-hybridized carbons (Fsp3) is 0.294. The zero-order valence-corrected chi connectivity index (χ0v) is 12.2. The Kier molecular flexibility index (Phi) is 4.15. The summed E-state index contributed by atoms with van der Waals surface area (Å²) in [6, 6.07) is 14.6. The van der Waals surface area contributed by atoms with Crippen molar-refractivity contribution in [3.8, 4) is 0 Å². The molecule has 3 aromatic rings. The number of nitrogens with zero attached hydrogens (tertiary/aromatic N) is 2. The Morgan fingerprint density at radius 3 is 2.81 bits per heavy atom. The molecular formula is C17H19N3O.